The molecule has 0 atom stereocenters. The van der Waals surface area contributed by atoms with Gasteiger partial charge in [-0.2, -0.15) is 0 Å². The minimum atomic E-state index is -0.187. The molecular formula is C74H54N2. The van der Waals surface area contributed by atoms with Crippen molar-refractivity contribution in [2.45, 2.75) is 38.5 Å². The Morgan fingerprint density at radius 3 is 1.25 bits per heavy atom. The number of hydrogen-bond donors (Lipinski definition) is 0. The predicted octanol–water partition coefficient (Wildman–Crippen LogP) is 19.4. The van der Waals surface area contributed by atoms with Crippen molar-refractivity contribution in [2.75, 3.05) is 0 Å². The molecule has 0 bridgehead atoms. The third-order valence-corrected chi connectivity index (χ3v) is 17.1. The first kappa shape index (κ1) is 44.3. The van der Waals surface area contributed by atoms with Crippen LogP contribution in [0.2, 0.25) is 0 Å². The fraction of sp³-hybridized carbons (Fsp3) is 0.0811. The third kappa shape index (κ3) is 6.66. The van der Waals surface area contributed by atoms with Crippen molar-refractivity contribution in [1.29, 1.82) is 0 Å². The van der Waals surface area contributed by atoms with E-state index >= 15 is 0 Å². The van der Waals surface area contributed by atoms with E-state index < -0.39 is 0 Å². The summed E-state index contributed by atoms with van der Waals surface area (Å²) in [5.41, 5.74) is 27.6. The molecule has 0 amide bonds. The Labute approximate surface area is 444 Å². The van der Waals surface area contributed by atoms with Crippen LogP contribution >= 0.6 is 0 Å². The SMILES string of the molecule is CC1(C)c2cc(/C=C(\c3ccccc3)c3ccc(-c4ccc5c(c4)c4ccccc4n5-c4ccccc4)cc3)ccc2-c2cc3c(cc21)-c1ccc(-c2ccc4c(c2)c2ccccc2n4-c2ccccc2)cc1C3(C)C. The molecule has 360 valence electrons. The van der Waals surface area contributed by atoms with Gasteiger partial charge in [-0.15, -0.1) is 0 Å². The summed E-state index contributed by atoms with van der Waals surface area (Å²) >= 11 is 0. The molecule has 0 radical (unpaired) electrons. The van der Waals surface area contributed by atoms with Gasteiger partial charge in [0.25, 0.3) is 0 Å². The molecule has 2 aromatic heterocycles. The number of para-hydroxylation sites is 4. The van der Waals surface area contributed by atoms with Gasteiger partial charge in [0, 0.05) is 43.7 Å². The molecule has 13 aromatic rings. The van der Waals surface area contributed by atoms with Gasteiger partial charge in [-0.3, -0.25) is 0 Å². The van der Waals surface area contributed by atoms with Gasteiger partial charge in [0.05, 0.1) is 22.1 Å². The number of aromatic nitrogens is 2. The lowest BCUT2D eigenvalue weighted by atomic mass is 9.79. The van der Waals surface area contributed by atoms with E-state index in [0.29, 0.717) is 0 Å². The molecule has 2 aliphatic carbocycles. The molecule has 0 N–H and O–H groups in total. The molecule has 0 saturated carbocycles. The van der Waals surface area contributed by atoms with Gasteiger partial charge in [-0.05, 0) is 174 Å². The van der Waals surface area contributed by atoms with E-state index in [1.54, 1.807) is 0 Å². The van der Waals surface area contributed by atoms with Gasteiger partial charge in [0.15, 0.2) is 0 Å². The summed E-state index contributed by atoms with van der Waals surface area (Å²) in [5, 5.41) is 5.07. The summed E-state index contributed by atoms with van der Waals surface area (Å²) < 4.78 is 4.77. The van der Waals surface area contributed by atoms with Crippen LogP contribution in [0.3, 0.4) is 0 Å². The Morgan fingerprint density at radius 2 is 0.697 bits per heavy atom. The number of rotatable bonds is 7. The first-order valence-corrected chi connectivity index (χ1v) is 26.7. The van der Waals surface area contributed by atoms with Crippen molar-refractivity contribution < 1.29 is 0 Å². The van der Waals surface area contributed by atoms with E-state index in [9.17, 15) is 0 Å². The number of fused-ring (bicyclic) bond motifs is 12. The summed E-state index contributed by atoms with van der Waals surface area (Å²) in [6, 6.07) is 92.4. The summed E-state index contributed by atoms with van der Waals surface area (Å²) in [6.07, 6.45) is 2.39. The van der Waals surface area contributed by atoms with Crippen molar-refractivity contribution >= 4 is 55.3 Å². The van der Waals surface area contributed by atoms with Crippen molar-refractivity contribution in [3.63, 3.8) is 0 Å². The maximum Gasteiger partial charge on any atom is 0.0541 e. The molecule has 76 heavy (non-hydrogen) atoms. The van der Waals surface area contributed by atoms with E-state index in [2.05, 4.69) is 292 Å². The minimum Gasteiger partial charge on any atom is -0.309 e. The van der Waals surface area contributed by atoms with Gasteiger partial charge in [-0.1, -0.05) is 198 Å². The Morgan fingerprint density at radius 1 is 0.303 bits per heavy atom. The number of benzene rings is 11. The number of nitrogens with zero attached hydrogens (tertiary/aromatic N) is 2. The van der Waals surface area contributed by atoms with Crippen LogP contribution in [0.25, 0.3) is 111 Å². The second-order valence-electron chi connectivity index (χ2n) is 22.1. The maximum atomic E-state index is 2.54. The van der Waals surface area contributed by atoms with Crippen LogP contribution in [0.15, 0.2) is 249 Å². The predicted molar refractivity (Wildman–Crippen MR) is 321 cm³/mol. The molecule has 2 nitrogen and oxygen atoms in total. The highest BCUT2D eigenvalue weighted by Crippen LogP contribution is 2.57. The van der Waals surface area contributed by atoms with Crippen LogP contribution in [-0.4, -0.2) is 9.13 Å². The Balaban J connectivity index is 0.761. The molecular weight excluding hydrogens is 917 g/mol. The van der Waals surface area contributed by atoms with Gasteiger partial charge < -0.3 is 9.13 Å². The Hall–Kier alpha value is -9.24. The number of hydrogen-bond acceptors (Lipinski definition) is 0. The Bertz CT molecular complexity index is 4530. The molecule has 0 aliphatic heterocycles. The van der Waals surface area contributed by atoms with E-state index in [1.807, 2.05) is 0 Å². The average molecular weight is 971 g/mol. The molecule has 0 fully saturated rings. The maximum absolute atomic E-state index is 2.54. The molecule has 0 saturated heterocycles. The van der Waals surface area contributed by atoms with Crippen LogP contribution in [0, 0.1) is 0 Å². The van der Waals surface area contributed by atoms with Crippen molar-refractivity contribution in [1.82, 2.24) is 9.13 Å². The lowest BCUT2D eigenvalue weighted by Crippen LogP contribution is -2.17. The molecule has 0 spiro atoms. The zero-order valence-corrected chi connectivity index (χ0v) is 43.1. The van der Waals surface area contributed by atoms with Crippen LogP contribution < -0.4 is 0 Å². The molecule has 0 unspecified atom stereocenters. The molecule has 11 aromatic carbocycles. The molecule has 2 heterocycles. The standard InChI is InChI=1S/C74H54N2/c1-73(2)65-41-47(40-60(49-18-8-5-9-19-49)50-31-29-48(30-32-50)51-34-38-71-63(42-51)58-24-14-16-26-69(58)75(71)54-20-10-6-11-21-54)28-36-56(65)61-45-68-62(46-67(61)73)57-37-33-53(44-66(57)74(68,3)4)52-35-39-72-64(43-52)59-25-15-17-27-70(59)76(72)55-22-12-7-13-23-55/h5-46H,1-4H3/b60-40+. The van der Waals surface area contributed by atoms with Crippen LogP contribution in [0.5, 0.6) is 0 Å². The van der Waals surface area contributed by atoms with Crippen molar-refractivity contribution in [2.24, 2.45) is 0 Å². The Kier molecular flexibility index (Phi) is 9.69. The first-order valence-electron chi connectivity index (χ1n) is 26.7. The first-order chi connectivity index (χ1) is 37.2. The normalized spacial score (nSPS) is 14.1. The smallest absolute Gasteiger partial charge is 0.0541 e. The highest BCUT2D eigenvalue weighted by molar-refractivity contribution is 6.12. The lowest BCUT2D eigenvalue weighted by molar-refractivity contribution is 0.652. The summed E-state index contributed by atoms with van der Waals surface area (Å²) in [7, 11) is 0. The monoisotopic (exact) mass is 970 g/mol. The minimum absolute atomic E-state index is 0.172. The highest BCUT2D eigenvalue weighted by Gasteiger charge is 2.42. The van der Waals surface area contributed by atoms with Crippen molar-refractivity contribution in [3.8, 4) is 55.9 Å². The fourth-order valence-corrected chi connectivity index (χ4v) is 13.2. The van der Waals surface area contributed by atoms with Gasteiger partial charge in [0.2, 0.25) is 0 Å². The van der Waals surface area contributed by atoms with Gasteiger partial charge >= 0.3 is 0 Å². The van der Waals surface area contributed by atoms with Crippen LogP contribution in [0.4, 0.5) is 0 Å². The highest BCUT2D eigenvalue weighted by atomic mass is 15.0. The zero-order chi connectivity index (χ0) is 50.9. The zero-order valence-electron chi connectivity index (χ0n) is 43.1. The van der Waals surface area contributed by atoms with Gasteiger partial charge in [-0.25, -0.2) is 0 Å². The summed E-state index contributed by atoms with van der Waals surface area (Å²) in [6.45, 7) is 9.67. The lowest BCUT2D eigenvalue weighted by Gasteiger charge is -2.24. The third-order valence-electron chi connectivity index (χ3n) is 17.1. The largest absolute Gasteiger partial charge is 0.309 e. The van der Waals surface area contributed by atoms with Crippen LogP contribution in [0.1, 0.15) is 66.6 Å². The summed E-state index contributed by atoms with van der Waals surface area (Å²) in [5.74, 6) is 0. The van der Waals surface area contributed by atoms with Crippen molar-refractivity contribution in [3.05, 3.63) is 288 Å². The van der Waals surface area contributed by atoms with Crippen LogP contribution in [-0.2, 0) is 10.8 Å². The molecule has 2 heteroatoms. The average Bonchev–Trinajstić information content (AvgIpc) is 4.22. The summed E-state index contributed by atoms with van der Waals surface area (Å²) in [4.78, 5) is 0. The van der Waals surface area contributed by atoms with E-state index in [1.165, 1.54) is 144 Å². The second kappa shape index (κ2) is 16.6. The van der Waals surface area contributed by atoms with E-state index in [4.69, 9.17) is 0 Å². The quantitative estimate of drug-likeness (QED) is 0.141. The molecule has 2 aliphatic rings. The fourth-order valence-electron chi connectivity index (χ4n) is 13.2. The topological polar surface area (TPSA) is 9.86 Å². The van der Waals surface area contributed by atoms with E-state index in [0.717, 1.165) is 0 Å². The van der Waals surface area contributed by atoms with Gasteiger partial charge in [0.1, 0.15) is 0 Å². The second-order valence-corrected chi connectivity index (χ2v) is 22.1. The van der Waals surface area contributed by atoms with E-state index in [-0.39, 0.29) is 10.8 Å². The molecule has 15 rings (SSSR count).